The molecule has 4 heteroatoms. The van der Waals surface area contributed by atoms with Crippen LogP contribution in [0.3, 0.4) is 0 Å². The van der Waals surface area contributed by atoms with E-state index in [1.807, 2.05) is 24.5 Å². The minimum atomic E-state index is 0.678. The molecule has 0 aromatic heterocycles. The standard InChI is InChI=1S/C11H12ClNS2/c1-14-10-4-2-5-11(9(10)8-13)15-7-3-6-12/h2,4-5H,3,6-7H2,1H3. The van der Waals surface area contributed by atoms with E-state index in [1.54, 1.807) is 23.5 Å². The fourth-order valence-electron chi connectivity index (χ4n) is 1.15. The molecule has 1 aromatic carbocycles. The topological polar surface area (TPSA) is 23.8 Å². The van der Waals surface area contributed by atoms with Crippen LogP contribution in [0, 0.1) is 11.3 Å². The van der Waals surface area contributed by atoms with Crippen molar-refractivity contribution in [2.24, 2.45) is 0 Å². The zero-order valence-electron chi connectivity index (χ0n) is 8.50. The number of benzene rings is 1. The van der Waals surface area contributed by atoms with Crippen LogP contribution < -0.4 is 0 Å². The highest BCUT2D eigenvalue weighted by Gasteiger charge is 2.06. The smallest absolute Gasteiger partial charge is 0.101 e. The Hall–Kier alpha value is -0.300. The van der Waals surface area contributed by atoms with Gasteiger partial charge in [0.1, 0.15) is 6.07 Å². The summed E-state index contributed by atoms with van der Waals surface area (Å²) in [6, 6.07) is 8.24. The second-order valence-electron chi connectivity index (χ2n) is 2.84. The molecule has 0 N–H and O–H groups in total. The molecule has 0 amide bonds. The molecule has 0 unspecified atom stereocenters. The van der Waals surface area contributed by atoms with Crippen molar-refractivity contribution in [1.29, 1.82) is 5.26 Å². The number of hydrogen-bond acceptors (Lipinski definition) is 3. The highest BCUT2D eigenvalue weighted by Crippen LogP contribution is 2.29. The van der Waals surface area contributed by atoms with Crippen molar-refractivity contribution >= 4 is 35.1 Å². The maximum absolute atomic E-state index is 9.08. The summed E-state index contributed by atoms with van der Waals surface area (Å²) in [7, 11) is 0. The van der Waals surface area contributed by atoms with E-state index in [1.165, 1.54) is 0 Å². The predicted molar refractivity (Wildman–Crippen MR) is 69.0 cm³/mol. The summed E-state index contributed by atoms with van der Waals surface area (Å²) in [6.45, 7) is 0. The zero-order chi connectivity index (χ0) is 11.1. The number of nitriles is 1. The van der Waals surface area contributed by atoms with Crippen molar-refractivity contribution in [2.75, 3.05) is 17.9 Å². The first-order valence-corrected chi connectivity index (χ1v) is 7.33. The summed E-state index contributed by atoms with van der Waals surface area (Å²) in [5, 5.41) is 9.08. The summed E-state index contributed by atoms with van der Waals surface area (Å²) in [6.07, 6.45) is 2.96. The second-order valence-corrected chi connectivity index (χ2v) is 5.20. The van der Waals surface area contributed by atoms with Crippen LogP contribution in [-0.2, 0) is 0 Å². The van der Waals surface area contributed by atoms with E-state index < -0.39 is 0 Å². The van der Waals surface area contributed by atoms with Gasteiger partial charge in [0.25, 0.3) is 0 Å². The van der Waals surface area contributed by atoms with Crippen molar-refractivity contribution in [3.63, 3.8) is 0 Å². The second kappa shape index (κ2) is 7.05. The molecule has 0 fully saturated rings. The lowest BCUT2D eigenvalue weighted by Crippen LogP contribution is -1.87. The first-order valence-electron chi connectivity index (χ1n) is 4.59. The van der Waals surface area contributed by atoms with Crippen LogP contribution in [0.4, 0.5) is 0 Å². The molecule has 0 aliphatic heterocycles. The van der Waals surface area contributed by atoms with Gasteiger partial charge in [-0.05, 0) is 30.6 Å². The van der Waals surface area contributed by atoms with Crippen LogP contribution in [0.5, 0.6) is 0 Å². The molecule has 1 nitrogen and oxygen atoms in total. The number of halogens is 1. The molecule has 0 saturated heterocycles. The van der Waals surface area contributed by atoms with Gasteiger partial charge in [0, 0.05) is 15.7 Å². The Morgan fingerprint density at radius 2 is 2.13 bits per heavy atom. The van der Waals surface area contributed by atoms with Gasteiger partial charge in [0.15, 0.2) is 0 Å². The minimum Gasteiger partial charge on any atom is -0.192 e. The third-order valence-corrected chi connectivity index (χ3v) is 4.05. The minimum absolute atomic E-state index is 0.678. The molecule has 0 atom stereocenters. The van der Waals surface area contributed by atoms with E-state index in [0.717, 1.165) is 27.5 Å². The van der Waals surface area contributed by atoms with Crippen molar-refractivity contribution < 1.29 is 0 Å². The summed E-state index contributed by atoms with van der Waals surface area (Å²) < 4.78 is 0. The van der Waals surface area contributed by atoms with Crippen molar-refractivity contribution in [1.82, 2.24) is 0 Å². The normalized spacial score (nSPS) is 9.93. The molecule has 0 heterocycles. The average Bonchev–Trinajstić information content (AvgIpc) is 2.29. The summed E-state index contributed by atoms with van der Waals surface area (Å²) >= 11 is 8.93. The Balaban J connectivity index is 2.83. The highest BCUT2D eigenvalue weighted by molar-refractivity contribution is 7.99. The maximum Gasteiger partial charge on any atom is 0.101 e. The van der Waals surface area contributed by atoms with Gasteiger partial charge in [0.2, 0.25) is 0 Å². The summed E-state index contributed by atoms with van der Waals surface area (Å²) in [5.74, 6) is 1.65. The Kier molecular flexibility index (Phi) is 6.00. The molecular formula is C11H12ClNS2. The van der Waals surface area contributed by atoms with Gasteiger partial charge in [-0.2, -0.15) is 5.26 Å². The first-order chi connectivity index (χ1) is 7.33. The summed E-state index contributed by atoms with van der Waals surface area (Å²) in [4.78, 5) is 2.11. The lowest BCUT2D eigenvalue weighted by atomic mass is 10.2. The molecular weight excluding hydrogens is 246 g/mol. The van der Waals surface area contributed by atoms with Gasteiger partial charge in [-0.3, -0.25) is 0 Å². The number of nitrogens with zero attached hydrogens (tertiary/aromatic N) is 1. The van der Waals surface area contributed by atoms with Gasteiger partial charge in [-0.1, -0.05) is 6.07 Å². The molecule has 0 saturated carbocycles. The SMILES string of the molecule is CSc1cccc(SCCCCl)c1C#N. The van der Waals surface area contributed by atoms with Crippen molar-refractivity contribution in [2.45, 2.75) is 16.2 Å². The monoisotopic (exact) mass is 257 g/mol. The predicted octanol–water partition coefficient (Wildman–Crippen LogP) is 4.00. The molecule has 0 bridgehead atoms. The average molecular weight is 258 g/mol. The first kappa shape index (κ1) is 12.8. The largest absolute Gasteiger partial charge is 0.192 e. The van der Waals surface area contributed by atoms with E-state index in [2.05, 4.69) is 6.07 Å². The van der Waals surface area contributed by atoms with Crippen LogP contribution in [0.15, 0.2) is 28.0 Å². The molecule has 0 aliphatic carbocycles. The van der Waals surface area contributed by atoms with E-state index in [9.17, 15) is 0 Å². The van der Waals surface area contributed by atoms with Crippen molar-refractivity contribution in [3.8, 4) is 6.07 Å². The van der Waals surface area contributed by atoms with Gasteiger partial charge in [-0.25, -0.2) is 0 Å². The van der Waals surface area contributed by atoms with Gasteiger partial charge >= 0.3 is 0 Å². The molecule has 0 aliphatic rings. The number of thioether (sulfide) groups is 2. The molecule has 1 aromatic rings. The third kappa shape index (κ3) is 3.64. The Bertz CT molecular complexity index is 360. The van der Waals surface area contributed by atoms with Gasteiger partial charge < -0.3 is 0 Å². The Labute approximate surface area is 104 Å². The van der Waals surface area contributed by atoms with Crippen LogP contribution in [-0.4, -0.2) is 17.9 Å². The third-order valence-electron chi connectivity index (χ3n) is 1.86. The molecule has 0 spiro atoms. The maximum atomic E-state index is 9.08. The van der Waals surface area contributed by atoms with E-state index in [-0.39, 0.29) is 0 Å². The van der Waals surface area contributed by atoms with Crippen LogP contribution >= 0.6 is 35.1 Å². The summed E-state index contributed by atoms with van der Waals surface area (Å²) in [5.41, 5.74) is 0.796. The van der Waals surface area contributed by atoms with E-state index in [4.69, 9.17) is 16.9 Å². The zero-order valence-corrected chi connectivity index (χ0v) is 10.9. The van der Waals surface area contributed by atoms with E-state index >= 15 is 0 Å². The lowest BCUT2D eigenvalue weighted by molar-refractivity contribution is 1.11. The van der Waals surface area contributed by atoms with E-state index in [0.29, 0.717) is 5.88 Å². The van der Waals surface area contributed by atoms with Crippen LogP contribution in [0.2, 0.25) is 0 Å². The fourth-order valence-corrected chi connectivity index (χ4v) is 3.06. The highest BCUT2D eigenvalue weighted by atomic mass is 35.5. The number of alkyl halides is 1. The molecule has 15 heavy (non-hydrogen) atoms. The molecule has 80 valence electrons. The number of rotatable bonds is 5. The lowest BCUT2D eigenvalue weighted by Gasteiger charge is -2.06. The fraction of sp³-hybridized carbons (Fsp3) is 0.364. The Morgan fingerprint density at radius 3 is 2.73 bits per heavy atom. The molecule has 1 rings (SSSR count). The Morgan fingerprint density at radius 1 is 1.40 bits per heavy atom. The van der Waals surface area contributed by atoms with Crippen LogP contribution in [0.1, 0.15) is 12.0 Å². The van der Waals surface area contributed by atoms with Crippen molar-refractivity contribution in [3.05, 3.63) is 23.8 Å². The van der Waals surface area contributed by atoms with Crippen LogP contribution in [0.25, 0.3) is 0 Å². The van der Waals surface area contributed by atoms with Gasteiger partial charge in [-0.15, -0.1) is 35.1 Å². The van der Waals surface area contributed by atoms with Gasteiger partial charge in [0.05, 0.1) is 5.56 Å². The number of hydrogen-bond donors (Lipinski definition) is 0. The molecule has 0 radical (unpaired) electrons. The quantitative estimate of drug-likeness (QED) is 0.453.